The minimum atomic E-state index is -0.408. The Morgan fingerprint density at radius 2 is 1.70 bits per heavy atom. The third-order valence-electron chi connectivity index (χ3n) is 4.80. The van der Waals surface area contributed by atoms with Crippen molar-refractivity contribution in [3.05, 3.63) is 100 Å². The second kappa shape index (κ2) is 6.96. The molecule has 0 aliphatic rings. The van der Waals surface area contributed by atoms with Crippen molar-refractivity contribution in [2.75, 3.05) is 12.3 Å². The number of nitrogen functional groups attached to an aromatic ring is 1. The Labute approximate surface area is 156 Å². The van der Waals surface area contributed by atoms with Gasteiger partial charge in [0.1, 0.15) is 0 Å². The van der Waals surface area contributed by atoms with Crippen LogP contribution in [0.3, 0.4) is 0 Å². The van der Waals surface area contributed by atoms with E-state index in [4.69, 9.17) is 5.73 Å². The molecule has 0 saturated carbocycles. The second-order valence-electron chi connectivity index (χ2n) is 6.56. The number of para-hydroxylation sites is 1. The van der Waals surface area contributed by atoms with Gasteiger partial charge in [-0.15, -0.1) is 0 Å². The zero-order chi connectivity index (χ0) is 18.8. The minimum absolute atomic E-state index is 0.203. The lowest BCUT2D eigenvalue weighted by molar-refractivity contribution is -0.481. The fourth-order valence-corrected chi connectivity index (χ4v) is 3.65. The van der Waals surface area contributed by atoms with E-state index in [0.717, 1.165) is 33.3 Å². The molecule has 3 N–H and O–H groups in total. The van der Waals surface area contributed by atoms with Gasteiger partial charge in [0.15, 0.2) is 0 Å². The summed E-state index contributed by atoms with van der Waals surface area (Å²) in [6.45, 7) is -0.203. The van der Waals surface area contributed by atoms with Crippen LogP contribution in [-0.4, -0.2) is 16.5 Å². The van der Waals surface area contributed by atoms with Gasteiger partial charge in [0.2, 0.25) is 6.54 Å². The van der Waals surface area contributed by atoms with Gasteiger partial charge >= 0.3 is 0 Å². The van der Waals surface area contributed by atoms with Crippen LogP contribution >= 0.6 is 0 Å². The molecule has 134 valence electrons. The van der Waals surface area contributed by atoms with Gasteiger partial charge in [0.05, 0.1) is 11.6 Å². The number of nitro groups is 1. The molecule has 5 nitrogen and oxygen atoms in total. The first-order chi connectivity index (χ1) is 13.1. The van der Waals surface area contributed by atoms with Crippen molar-refractivity contribution in [3.8, 4) is 11.3 Å². The smallest absolute Gasteiger partial charge is 0.214 e. The molecule has 0 radical (unpaired) electrons. The Hall–Kier alpha value is -3.60. The first kappa shape index (κ1) is 16.8. The van der Waals surface area contributed by atoms with Gasteiger partial charge in [-0.1, -0.05) is 60.7 Å². The molecule has 1 heterocycles. The number of benzene rings is 3. The molecule has 4 rings (SSSR count). The quantitative estimate of drug-likeness (QED) is 0.305. The van der Waals surface area contributed by atoms with Crippen molar-refractivity contribution >= 4 is 16.6 Å². The molecule has 0 saturated heterocycles. The van der Waals surface area contributed by atoms with Crippen LogP contribution in [0.15, 0.2) is 78.9 Å². The fourth-order valence-electron chi connectivity index (χ4n) is 3.65. The van der Waals surface area contributed by atoms with Crippen LogP contribution < -0.4 is 5.73 Å². The minimum Gasteiger partial charge on any atom is -0.399 e. The third-order valence-corrected chi connectivity index (χ3v) is 4.80. The SMILES string of the molecule is Nc1cccc(C(C[N+](=O)[O-])c2c(-c3ccccc3)[nH]c3ccccc23)c1. The van der Waals surface area contributed by atoms with Crippen molar-refractivity contribution in [1.82, 2.24) is 4.98 Å². The highest BCUT2D eigenvalue weighted by Gasteiger charge is 2.27. The van der Waals surface area contributed by atoms with Crippen molar-refractivity contribution in [1.29, 1.82) is 0 Å². The standard InChI is InChI=1S/C22H19N3O2/c23-17-10-6-9-16(13-17)19(14-25(26)27)21-18-11-4-5-12-20(18)24-22(21)15-7-2-1-3-8-15/h1-13,19,24H,14,23H2. The number of aromatic amines is 1. The van der Waals surface area contributed by atoms with E-state index in [1.165, 1.54) is 0 Å². The van der Waals surface area contributed by atoms with E-state index in [-0.39, 0.29) is 11.5 Å². The topological polar surface area (TPSA) is 84.9 Å². The zero-order valence-corrected chi connectivity index (χ0v) is 14.6. The Kier molecular flexibility index (Phi) is 4.34. The van der Waals surface area contributed by atoms with Gasteiger partial charge in [-0.2, -0.15) is 0 Å². The number of fused-ring (bicyclic) bond motifs is 1. The summed E-state index contributed by atoms with van der Waals surface area (Å²) in [5.74, 6) is -0.408. The molecule has 0 amide bonds. The van der Waals surface area contributed by atoms with E-state index in [0.29, 0.717) is 5.69 Å². The van der Waals surface area contributed by atoms with Crippen LogP contribution in [0.4, 0.5) is 5.69 Å². The molecule has 27 heavy (non-hydrogen) atoms. The van der Waals surface area contributed by atoms with Crippen LogP contribution in [0.25, 0.3) is 22.2 Å². The lowest BCUT2D eigenvalue weighted by atomic mass is 9.87. The van der Waals surface area contributed by atoms with Gasteiger partial charge in [0.25, 0.3) is 0 Å². The average Bonchev–Trinajstić information content (AvgIpc) is 3.06. The molecule has 1 unspecified atom stereocenters. The van der Waals surface area contributed by atoms with Crippen LogP contribution in [0.5, 0.6) is 0 Å². The predicted molar refractivity (Wildman–Crippen MR) is 108 cm³/mol. The lowest BCUT2D eigenvalue weighted by Crippen LogP contribution is -2.14. The number of hydrogen-bond acceptors (Lipinski definition) is 3. The third kappa shape index (κ3) is 3.27. The molecule has 0 fully saturated rings. The number of nitrogens with zero attached hydrogens (tertiary/aromatic N) is 1. The molecule has 1 atom stereocenters. The monoisotopic (exact) mass is 357 g/mol. The zero-order valence-electron chi connectivity index (χ0n) is 14.6. The van der Waals surface area contributed by atoms with Crippen molar-refractivity contribution in [3.63, 3.8) is 0 Å². The number of rotatable bonds is 5. The number of nitrogens with two attached hydrogens (primary N) is 1. The number of anilines is 1. The first-order valence-corrected chi connectivity index (χ1v) is 8.77. The predicted octanol–water partition coefficient (Wildman–Crippen LogP) is 4.83. The lowest BCUT2D eigenvalue weighted by Gasteiger charge is -2.16. The highest BCUT2D eigenvalue weighted by Crippen LogP contribution is 2.39. The number of H-pyrrole nitrogens is 1. The van der Waals surface area contributed by atoms with Gasteiger partial charge in [0, 0.05) is 21.5 Å². The molecular formula is C22H19N3O2. The van der Waals surface area contributed by atoms with Crippen LogP contribution in [0.1, 0.15) is 17.0 Å². The summed E-state index contributed by atoms with van der Waals surface area (Å²) in [4.78, 5) is 14.7. The van der Waals surface area contributed by atoms with Crippen LogP contribution in [-0.2, 0) is 0 Å². The maximum atomic E-state index is 11.5. The van der Waals surface area contributed by atoms with Crippen LogP contribution in [0, 0.1) is 10.1 Å². The van der Waals surface area contributed by atoms with Crippen molar-refractivity contribution < 1.29 is 4.92 Å². The van der Waals surface area contributed by atoms with Crippen molar-refractivity contribution in [2.24, 2.45) is 0 Å². The summed E-state index contributed by atoms with van der Waals surface area (Å²) in [5.41, 5.74) is 11.2. The Balaban J connectivity index is 2.00. The maximum Gasteiger partial charge on any atom is 0.214 e. The maximum absolute atomic E-state index is 11.5. The molecule has 0 spiro atoms. The molecule has 5 heteroatoms. The molecule has 0 bridgehead atoms. The van der Waals surface area contributed by atoms with Gasteiger partial charge in [-0.3, -0.25) is 10.1 Å². The Morgan fingerprint density at radius 3 is 2.44 bits per heavy atom. The van der Waals surface area contributed by atoms with Gasteiger partial charge < -0.3 is 10.7 Å². The van der Waals surface area contributed by atoms with Crippen LogP contribution in [0.2, 0.25) is 0 Å². The summed E-state index contributed by atoms with van der Waals surface area (Å²) >= 11 is 0. The highest BCUT2D eigenvalue weighted by molar-refractivity contribution is 5.92. The Morgan fingerprint density at radius 1 is 0.963 bits per heavy atom. The first-order valence-electron chi connectivity index (χ1n) is 8.77. The van der Waals surface area contributed by atoms with Gasteiger partial charge in [-0.25, -0.2) is 0 Å². The van der Waals surface area contributed by atoms with E-state index in [1.807, 2.05) is 72.8 Å². The summed E-state index contributed by atoms with van der Waals surface area (Å²) in [6.07, 6.45) is 0. The normalized spacial score (nSPS) is 12.1. The summed E-state index contributed by atoms with van der Waals surface area (Å²) in [6, 6.07) is 25.2. The summed E-state index contributed by atoms with van der Waals surface area (Å²) in [5, 5.41) is 12.5. The van der Waals surface area contributed by atoms with Crippen molar-refractivity contribution in [2.45, 2.75) is 5.92 Å². The molecule has 3 aromatic carbocycles. The van der Waals surface area contributed by atoms with E-state index in [9.17, 15) is 10.1 Å². The van der Waals surface area contributed by atoms with Gasteiger partial charge in [-0.05, 0) is 34.9 Å². The van der Waals surface area contributed by atoms with E-state index in [2.05, 4.69) is 4.98 Å². The van der Waals surface area contributed by atoms with E-state index >= 15 is 0 Å². The second-order valence-corrected chi connectivity index (χ2v) is 6.56. The molecule has 0 aliphatic carbocycles. The van der Waals surface area contributed by atoms with E-state index < -0.39 is 5.92 Å². The summed E-state index contributed by atoms with van der Waals surface area (Å²) < 4.78 is 0. The average molecular weight is 357 g/mol. The summed E-state index contributed by atoms with van der Waals surface area (Å²) in [7, 11) is 0. The Bertz CT molecular complexity index is 1100. The number of hydrogen-bond donors (Lipinski definition) is 2. The molecule has 4 aromatic rings. The van der Waals surface area contributed by atoms with E-state index in [1.54, 1.807) is 6.07 Å². The number of nitrogens with one attached hydrogen (secondary N) is 1. The highest BCUT2D eigenvalue weighted by atomic mass is 16.6. The largest absolute Gasteiger partial charge is 0.399 e. The fraction of sp³-hybridized carbons (Fsp3) is 0.0909. The molecule has 1 aromatic heterocycles. The molecule has 0 aliphatic heterocycles. The molecular weight excluding hydrogens is 338 g/mol. The number of aromatic nitrogens is 1.